The van der Waals surface area contributed by atoms with E-state index in [2.05, 4.69) is 10.0 Å². The lowest BCUT2D eigenvalue weighted by molar-refractivity contribution is 0.0942. The Hall–Kier alpha value is -2.05. The van der Waals surface area contributed by atoms with Crippen LogP contribution in [-0.2, 0) is 10.0 Å². The first-order chi connectivity index (χ1) is 11.6. The number of halogens is 1. The Morgan fingerprint density at radius 1 is 1.04 bits per heavy atom. The zero-order valence-electron chi connectivity index (χ0n) is 14.6. The van der Waals surface area contributed by atoms with E-state index in [1.54, 1.807) is 38.1 Å². The van der Waals surface area contributed by atoms with E-state index in [4.69, 9.17) is 11.6 Å². The van der Waals surface area contributed by atoms with Crippen molar-refractivity contribution in [3.63, 3.8) is 0 Å². The van der Waals surface area contributed by atoms with Gasteiger partial charge in [0.05, 0.1) is 10.6 Å². The minimum atomic E-state index is -3.82. The van der Waals surface area contributed by atoms with Crippen molar-refractivity contribution in [3.05, 3.63) is 58.1 Å². The molecular weight excluding hydrogens is 360 g/mol. The molecule has 5 nitrogen and oxygen atoms in total. The Morgan fingerprint density at radius 2 is 1.72 bits per heavy atom. The number of hydrogen-bond acceptors (Lipinski definition) is 3. The van der Waals surface area contributed by atoms with E-state index in [1.165, 1.54) is 12.1 Å². The number of sulfonamides is 1. The van der Waals surface area contributed by atoms with Gasteiger partial charge < -0.3 is 5.32 Å². The normalized spacial score (nSPS) is 11.4. The summed E-state index contributed by atoms with van der Waals surface area (Å²) < 4.78 is 27.9. The average molecular weight is 381 g/mol. The molecule has 2 N–H and O–H groups in total. The lowest BCUT2D eigenvalue weighted by atomic mass is 10.1. The number of anilines is 1. The van der Waals surface area contributed by atoms with Crippen molar-refractivity contribution in [2.24, 2.45) is 0 Å². The highest BCUT2D eigenvalue weighted by atomic mass is 35.5. The van der Waals surface area contributed by atoms with Crippen LogP contribution in [0.5, 0.6) is 0 Å². The fourth-order valence-corrected chi connectivity index (χ4v) is 3.68. The second-order valence-corrected chi connectivity index (χ2v) is 8.29. The van der Waals surface area contributed by atoms with E-state index >= 15 is 0 Å². The fourth-order valence-electron chi connectivity index (χ4n) is 2.30. The van der Waals surface area contributed by atoms with Crippen molar-refractivity contribution in [3.8, 4) is 0 Å². The first-order valence-electron chi connectivity index (χ1n) is 7.80. The molecule has 25 heavy (non-hydrogen) atoms. The zero-order chi connectivity index (χ0) is 18.8. The third-order valence-electron chi connectivity index (χ3n) is 3.62. The van der Waals surface area contributed by atoms with Crippen LogP contribution in [0.1, 0.15) is 35.3 Å². The summed E-state index contributed by atoms with van der Waals surface area (Å²) in [5.74, 6) is -0.299. The number of nitrogens with one attached hydrogen (secondary N) is 2. The standard InChI is InChI=1S/C18H21ClN2O3S/c1-11(2)20-18(22)16-10-15(7-5-12(16)3)25(23,24)21-17-8-6-14(19)9-13(17)4/h5-11,21H,1-4H3,(H,20,22). The fraction of sp³-hybridized carbons (Fsp3) is 0.278. The number of carbonyl (C=O) groups is 1. The van der Waals surface area contributed by atoms with Gasteiger partial charge in [-0.15, -0.1) is 0 Å². The summed E-state index contributed by atoms with van der Waals surface area (Å²) >= 11 is 5.90. The van der Waals surface area contributed by atoms with Gasteiger partial charge in [0, 0.05) is 16.6 Å². The Bertz CT molecular complexity index is 909. The van der Waals surface area contributed by atoms with Crippen LogP contribution >= 0.6 is 11.6 Å². The molecule has 2 aromatic carbocycles. The molecule has 0 unspecified atom stereocenters. The highest BCUT2D eigenvalue weighted by Gasteiger charge is 2.19. The van der Waals surface area contributed by atoms with Gasteiger partial charge in [-0.25, -0.2) is 8.42 Å². The molecule has 0 aromatic heterocycles. The minimum absolute atomic E-state index is 0.0290. The summed E-state index contributed by atoms with van der Waals surface area (Å²) in [6.07, 6.45) is 0. The van der Waals surface area contributed by atoms with Gasteiger partial charge in [0.2, 0.25) is 0 Å². The quantitative estimate of drug-likeness (QED) is 0.826. The van der Waals surface area contributed by atoms with Crippen LogP contribution in [0.25, 0.3) is 0 Å². The molecule has 0 saturated carbocycles. The molecule has 0 heterocycles. The Kier molecular flexibility index (Phi) is 5.75. The maximum Gasteiger partial charge on any atom is 0.261 e. The van der Waals surface area contributed by atoms with Crippen LogP contribution in [-0.4, -0.2) is 20.4 Å². The minimum Gasteiger partial charge on any atom is -0.350 e. The van der Waals surface area contributed by atoms with E-state index in [0.29, 0.717) is 27.4 Å². The van der Waals surface area contributed by atoms with Crippen LogP contribution < -0.4 is 10.0 Å². The topological polar surface area (TPSA) is 75.3 Å². The molecule has 134 valence electrons. The number of hydrogen-bond donors (Lipinski definition) is 2. The molecule has 2 aromatic rings. The Labute approximate surface area is 153 Å². The first-order valence-corrected chi connectivity index (χ1v) is 9.67. The summed E-state index contributed by atoms with van der Waals surface area (Å²) in [4.78, 5) is 12.3. The number of benzene rings is 2. The maximum absolute atomic E-state index is 12.7. The SMILES string of the molecule is Cc1cc(Cl)ccc1NS(=O)(=O)c1ccc(C)c(C(=O)NC(C)C)c1. The van der Waals surface area contributed by atoms with Gasteiger partial charge in [0.15, 0.2) is 0 Å². The van der Waals surface area contributed by atoms with Crippen molar-refractivity contribution in [1.82, 2.24) is 5.32 Å². The third kappa shape index (κ3) is 4.74. The van der Waals surface area contributed by atoms with Crippen molar-refractivity contribution in [1.29, 1.82) is 0 Å². The molecule has 0 bridgehead atoms. The van der Waals surface area contributed by atoms with Gasteiger partial charge in [0.1, 0.15) is 0 Å². The van der Waals surface area contributed by atoms with Crippen molar-refractivity contribution in [2.75, 3.05) is 4.72 Å². The molecule has 0 saturated heterocycles. The second kappa shape index (κ2) is 7.45. The maximum atomic E-state index is 12.7. The van der Waals surface area contributed by atoms with E-state index in [1.807, 2.05) is 13.8 Å². The molecule has 0 aliphatic rings. The van der Waals surface area contributed by atoms with Gasteiger partial charge in [0.25, 0.3) is 15.9 Å². The summed E-state index contributed by atoms with van der Waals surface area (Å²) in [6, 6.07) is 9.35. The van der Waals surface area contributed by atoms with E-state index in [0.717, 1.165) is 0 Å². The van der Waals surface area contributed by atoms with Crippen LogP contribution in [0.2, 0.25) is 5.02 Å². The summed E-state index contributed by atoms with van der Waals surface area (Å²) in [7, 11) is -3.82. The molecule has 0 aliphatic heterocycles. The van der Waals surface area contributed by atoms with Crippen molar-refractivity contribution >= 4 is 33.2 Å². The van der Waals surface area contributed by atoms with E-state index in [9.17, 15) is 13.2 Å². The summed E-state index contributed by atoms with van der Waals surface area (Å²) in [5, 5.41) is 3.31. The molecule has 0 fully saturated rings. The molecule has 7 heteroatoms. The van der Waals surface area contributed by atoms with Gasteiger partial charge in [-0.2, -0.15) is 0 Å². The number of amides is 1. The molecule has 0 aliphatic carbocycles. The first kappa shape index (κ1) is 19.3. The molecular formula is C18H21ClN2O3S. The monoisotopic (exact) mass is 380 g/mol. The van der Waals surface area contributed by atoms with Gasteiger partial charge >= 0.3 is 0 Å². The lowest BCUT2D eigenvalue weighted by Crippen LogP contribution is -2.30. The van der Waals surface area contributed by atoms with Crippen molar-refractivity contribution < 1.29 is 13.2 Å². The predicted octanol–water partition coefficient (Wildman–Crippen LogP) is 3.90. The summed E-state index contributed by atoms with van der Waals surface area (Å²) in [5.41, 5.74) is 2.20. The number of rotatable bonds is 5. The molecule has 0 radical (unpaired) electrons. The Balaban J connectivity index is 2.38. The largest absolute Gasteiger partial charge is 0.350 e. The van der Waals surface area contributed by atoms with Gasteiger partial charge in [-0.1, -0.05) is 17.7 Å². The van der Waals surface area contributed by atoms with Crippen LogP contribution in [0.15, 0.2) is 41.3 Å². The number of aryl methyl sites for hydroxylation is 2. The molecule has 0 atom stereocenters. The summed E-state index contributed by atoms with van der Waals surface area (Å²) in [6.45, 7) is 7.22. The van der Waals surface area contributed by atoms with Crippen LogP contribution in [0.3, 0.4) is 0 Å². The van der Waals surface area contributed by atoms with Gasteiger partial charge in [-0.3, -0.25) is 9.52 Å². The van der Waals surface area contributed by atoms with E-state index in [-0.39, 0.29) is 16.8 Å². The number of carbonyl (C=O) groups excluding carboxylic acids is 1. The second-order valence-electron chi connectivity index (χ2n) is 6.17. The Morgan fingerprint density at radius 3 is 2.32 bits per heavy atom. The molecule has 1 amide bonds. The van der Waals surface area contributed by atoms with Gasteiger partial charge in [-0.05, 0) is 69.2 Å². The van der Waals surface area contributed by atoms with E-state index < -0.39 is 10.0 Å². The lowest BCUT2D eigenvalue weighted by Gasteiger charge is -2.14. The van der Waals surface area contributed by atoms with Crippen LogP contribution in [0.4, 0.5) is 5.69 Å². The smallest absolute Gasteiger partial charge is 0.261 e. The average Bonchev–Trinajstić information content (AvgIpc) is 2.49. The highest BCUT2D eigenvalue weighted by Crippen LogP contribution is 2.24. The van der Waals surface area contributed by atoms with Crippen LogP contribution in [0, 0.1) is 13.8 Å². The third-order valence-corrected chi connectivity index (χ3v) is 5.21. The molecule has 0 spiro atoms. The zero-order valence-corrected chi connectivity index (χ0v) is 16.1. The highest BCUT2D eigenvalue weighted by molar-refractivity contribution is 7.92. The van der Waals surface area contributed by atoms with Crippen molar-refractivity contribution in [2.45, 2.75) is 38.6 Å². The molecule has 2 rings (SSSR count). The predicted molar refractivity (Wildman–Crippen MR) is 101 cm³/mol.